The van der Waals surface area contributed by atoms with Gasteiger partial charge in [-0.25, -0.2) is 0 Å². The summed E-state index contributed by atoms with van der Waals surface area (Å²) in [6, 6.07) is 5.11. The smallest absolute Gasteiger partial charge is 0.221 e. The summed E-state index contributed by atoms with van der Waals surface area (Å²) in [7, 11) is 0. The van der Waals surface area contributed by atoms with E-state index < -0.39 is 6.10 Å². The Balaban J connectivity index is 0.00000484. The van der Waals surface area contributed by atoms with Gasteiger partial charge < -0.3 is 20.5 Å². The molecule has 0 saturated heterocycles. The number of Topliss-reactive ketones (excluding diaryl/α,β-unsaturated/α-hetero) is 1. The first-order chi connectivity index (χ1) is 10.3. The van der Waals surface area contributed by atoms with Crippen LogP contribution in [0.1, 0.15) is 38.1 Å². The first-order valence-electron chi connectivity index (χ1n) is 7.26. The fraction of sp³-hybridized carbons (Fsp3) is 0.500. The highest BCUT2D eigenvalue weighted by atomic mass is 35.5. The van der Waals surface area contributed by atoms with Gasteiger partial charge in [0.05, 0.1) is 5.56 Å². The molecule has 7 heteroatoms. The van der Waals surface area contributed by atoms with Gasteiger partial charge in [0.2, 0.25) is 5.91 Å². The van der Waals surface area contributed by atoms with Crippen LogP contribution >= 0.6 is 12.4 Å². The third-order valence-corrected chi connectivity index (χ3v) is 2.87. The normalized spacial score (nSPS) is 11.6. The second-order valence-electron chi connectivity index (χ2n) is 5.48. The molecular weight excluding hydrogens is 320 g/mol. The van der Waals surface area contributed by atoms with Crippen LogP contribution in [0.5, 0.6) is 5.75 Å². The van der Waals surface area contributed by atoms with Gasteiger partial charge in [-0.1, -0.05) is 13.8 Å². The zero-order valence-electron chi connectivity index (χ0n) is 13.9. The van der Waals surface area contributed by atoms with E-state index in [-0.39, 0.29) is 36.7 Å². The van der Waals surface area contributed by atoms with Gasteiger partial charge in [0.25, 0.3) is 0 Å². The fourth-order valence-electron chi connectivity index (χ4n) is 1.83. The van der Waals surface area contributed by atoms with Gasteiger partial charge in [0, 0.05) is 25.2 Å². The highest BCUT2D eigenvalue weighted by Gasteiger charge is 2.13. The Hall–Kier alpha value is -1.63. The van der Waals surface area contributed by atoms with Crippen LogP contribution < -0.4 is 15.4 Å². The van der Waals surface area contributed by atoms with Gasteiger partial charge in [-0.3, -0.25) is 9.59 Å². The Morgan fingerprint density at radius 2 is 1.91 bits per heavy atom. The van der Waals surface area contributed by atoms with Crippen LogP contribution in [-0.4, -0.2) is 42.1 Å². The van der Waals surface area contributed by atoms with Crippen LogP contribution in [0.4, 0.5) is 5.69 Å². The van der Waals surface area contributed by atoms with Crippen LogP contribution in [0.25, 0.3) is 0 Å². The molecule has 0 radical (unpaired) electrons. The van der Waals surface area contributed by atoms with Crippen LogP contribution in [0, 0.1) is 0 Å². The average Bonchev–Trinajstić information content (AvgIpc) is 2.42. The van der Waals surface area contributed by atoms with Gasteiger partial charge in [0.15, 0.2) is 5.78 Å². The lowest BCUT2D eigenvalue weighted by molar-refractivity contribution is -0.114. The number of hydrogen-bond donors (Lipinski definition) is 3. The molecule has 0 spiro atoms. The topological polar surface area (TPSA) is 87.7 Å². The van der Waals surface area contributed by atoms with E-state index in [0.29, 0.717) is 23.5 Å². The number of rotatable bonds is 8. The molecule has 0 fully saturated rings. The van der Waals surface area contributed by atoms with E-state index in [1.54, 1.807) is 18.2 Å². The number of nitrogens with one attached hydrogen (secondary N) is 2. The monoisotopic (exact) mass is 344 g/mol. The highest BCUT2D eigenvalue weighted by Crippen LogP contribution is 2.23. The number of ketones is 1. The summed E-state index contributed by atoms with van der Waals surface area (Å²) in [6.45, 7) is 7.30. The molecule has 1 unspecified atom stereocenters. The standard InChI is InChI=1S/C16H24N2O4.ClH/c1-10(2)17-8-14(21)9-22-16-6-5-13(18-12(4)20)7-15(16)11(3)19;/h5-7,10,14,17,21H,8-9H2,1-4H3,(H,18,20);1H. The van der Waals surface area contributed by atoms with Crippen molar-refractivity contribution in [1.82, 2.24) is 5.32 Å². The van der Waals surface area contributed by atoms with E-state index in [2.05, 4.69) is 10.6 Å². The maximum atomic E-state index is 11.7. The second-order valence-corrected chi connectivity index (χ2v) is 5.48. The minimum atomic E-state index is -0.669. The molecule has 0 aliphatic heterocycles. The predicted molar refractivity (Wildman–Crippen MR) is 92.6 cm³/mol. The molecule has 1 rings (SSSR count). The Morgan fingerprint density at radius 1 is 1.26 bits per heavy atom. The molecule has 130 valence electrons. The van der Waals surface area contributed by atoms with E-state index in [0.717, 1.165) is 0 Å². The number of anilines is 1. The van der Waals surface area contributed by atoms with Crippen molar-refractivity contribution in [3.8, 4) is 5.75 Å². The minimum Gasteiger partial charge on any atom is -0.490 e. The van der Waals surface area contributed by atoms with Gasteiger partial charge in [0.1, 0.15) is 18.5 Å². The number of carbonyl (C=O) groups excluding carboxylic acids is 2. The third-order valence-electron chi connectivity index (χ3n) is 2.87. The first kappa shape index (κ1) is 21.4. The van der Waals surface area contributed by atoms with Crippen molar-refractivity contribution in [3.05, 3.63) is 23.8 Å². The molecule has 1 aromatic carbocycles. The number of halogens is 1. The fourth-order valence-corrected chi connectivity index (χ4v) is 1.83. The second kappa shape index (κ2) is 10.2. The molecule has 1 amide bonds. The van der Waals surface area contributed by atoms with Crippen LogP contribution in [0.2, 0.25) is 0 Å². The Kier molecular flexibility index (Phi) is 9.48. The van der Waals surface area contributed by atoms with Crippen LogP contribution in [-0.2, 0) is 4.79 Å². The summed E-state index contributed by atoms with van der Waals surface area (Å²) in [5.74, 6) is 0.0144. The van der Waals surface area contributed by atoms with Gasteiger partial charge in [-0.15, -0.1) is 12.4 Å². The zero-order valence-corrected chi connectivity index (χ0v) is 14.7. The Bertz CT molecular complexity index is 535. The summed E-state index contributed by atoms with van der Waals surface area (Å²) < 4.78 is 5.53. The van der Waals surface area contributed by atoms with Crippen molar-refractivity contribution in [2.45, 2.75) is 39.8 Å². The van der Waals surface area contributed by atoms with E-state index >= 15 is 0 Å². The van der Waals surface area contributed by atoms with Crippen molar-refractivity contribution in [2.75, 3.05) is 18.5 Å². The molecule has 1 aromatic rings. The highest BCUT2D eigenvalue weighted by molar-refractivity contribution is 5.99. The summed E-state index contributed by atoms with van der Waals surface area (Å²) in [5, 5.41) is 15.6. The van der Waals surface area contributed by atoms with Crippen LogP contribution in [0.3, 0.4) is 0 Å². The molecule has 0 heterocycles. The summed E-state index contributed by atoms with van der Waals surface area (Å²) in [5.41, 5.74) is 0.905. The quantitative estimate of drug-likeness (QED) is 0.628. The molecule has 0 aromatic heterocycles. The molecular formula is C16H25ClN2O4. The third kappa shape index (κ3) is 7.97. The Labute approximate surface area is 143 Å². The molecule has 1 atom stereocenters. The number of ether oxygens (including phenoxy) is 1. The molecule has 0 aliphatic carbocycles. The summed E-state index contributed by atoms with van der Waals surface area (Å²) in [6.07, 6.45) is -0.669. The lowest BCUT2D eigenvalue weighted by Gasteiger charge is -2.16. The van der Waals surface area contributed by atoms with Gasteiger partial charge in [-0.05, 0) is 25.1 Å². The number of aliphatic hydroxyl groups excluding tert-OH is 1. The number of carbonyl (C=O) groups is 2. The van der Waals surface area contributed by atoms with Crippen molar-refractivity contribution < 1.29 is 19.4 Å². The Morgan fingerprint density at radius 3 is 2.43 bits per heavy atom. The molecule has 6 nitrogen and oxygen atoms in total. The molecule has 0 saturated carbocycles. The summed E-state index contributed by atoms with van der Waals surface area (Å²) >= 11 is 0. The van der Waals surface area contributed by atoms with E-state index in [4.69, 9.17) is 4.74 Å². The van der Waals surface area contributed by atoms with Crippen molar-refractivity contribution in [1.29, 1.82) is 0 Å². The SMILES string of the molecule is CC(=O)Nc1ccc(OCC(O)CNC(C)C)c(C(C)=O)c1.Cl. The molecule has 0 aliphatic rings. The summed E-state index contributed by atoms with van der Waals surface area (Å²) in [4.78, 5) is 22.8. The van der Waals surface area contributed by atoms with Crippen LogP contribution in [0.15, 0.2) is 18.2 Å². The van der Waals surface area contributed by atoms with Gasteiger partial charge >= 0.3 is 0 Å². The zero-order chi connectivity index (χ0) is 16.7. The number of amides is 1. The van der Waals surface area contributed by atoms with Crippen molar-refractivity contribution in [2.24, 2.45) is 0 Å². The number of benzene rings is 1. The average molecular weight is 345 g/mol. The molecule has 23 heavy (non-hydrogen) atoms. The van der Waals surface area contributed by atoms with Gasteiger partial charge in [-0.2, -0.15) is 0 Å². The lowest BCUT2D eigenvalue weighted by atomic mass is 10.1. The predicted octanol–water partition coefficient (Wildman–Crippen LogP) is 2.01. The number of aliphatic hydroxyl groups is 1. The number of hydrogen-bond acceptors (Lipinski definition) is 5. The van der Waals surface area contributed by atoms with E-state index in [1.165, 1.54) is 13.8 Å². The van der Waals surface area contributed by atoms with E-state index in [9.17, 15) is 14.7 Å². The lowest BCUT2D eigenvalue weighted by Crippen LogP contribution is -2.35. The maximum absolute atomic E-state index is 11.7. The maximum Gasteiger partial charge on any atom is 0.221 e. The largest absolute Gasteiger partial charge is 0.490 e. The van der Waals surface area contributed by atoms with Crippen molar-refractivity contribution >= 4 is 29.8 Å². The van der Waals surface area contributed by atoms with E-state index in [1.807, 2.05) is 13.8 Å². The molecule has 3 N–H and O–H groups in total. The molecule has 0 bridgehead atoms. The van der Waals surface area contributed by atoms with Crippen molar-refractivity contribution in [3.63, 3.8) is 0 Å². The first-order valence-corrected chi connectivity index (χ1v) is 7.26. The minimum absolute atomic E-state index is 0.